The van der Waals surface area contributed by atoms with Gasteiger partial charge in [0.15, 0.2) is 0 Å². The van der Waals surface area contributed by atoms with Crippen molar-refractivity contribution in [2.75, 3.05) is 18.0 Å². The number of rotatable bonds is 5. The maximum Gasteiger partial charge on any atom is 0.408 e. The summed E-state index contributed by atoms with van der Waals surface area (Å²) in [4.78, 5) is 44.9. The number of carbonyl (C=O) groups excluding carboxylic acids is 3. The van der Waals surface area contributed by atoms with Crippen LogP contribution < -0.4 is 10.2 Å². The summed E-state index contributed by atoms with van der Waals surface area (Å²) in [6.45, 7) is 5.90. The third-order valence-electron chi connectivity index (χ3n) is 7.47. The van der Waals surface area contributed by atoms with Gasteiger partial charge in [-0.1, -0.05) is 12.1 Å². The van der Waals surface area contributed by atoms with E-state index in [9.17, 15) is 24.9 Å². The van der Waals surface area contributed by atoms with Crippen LogP contribution >= 0.6 is 0 Å². The molecule has 0 aromatic heterocycles. The molecule has 3 amide bonds. The molecule has 10 nitrogen and oxygen atoms in total. The standard InChI is InChI=1S/C26H30N6O4/c1-26(2,3)36-25(35)29-19(23(33)31-17(12-28)8-16-9-21(16)31)14-30-13-18-10-22(30)24(34)32(18)20-7-5-4-6-15(20)11-27/h4-7,16-19,21-22H,8-10,13-14H2,1-3H3,(H,29,35)/t16-,17+,18-,19+,21+,22-/m1/s1. The van der Waals surface area contributed by atoms with Crippen LogP contribution in [-0.4, -0.2) is 76.6 Å². The number of benzene rings is 1. The highest BCUT2D eigenvalue weighted by Gasteiger charge is 2.56. The normalized spacial score (nSPS) is 29.4. The van der Waals surface area contributed by atoms with Crippen molar-refractivity contribution in [1.29, 1.82) is 10.5 Å². The number of nitrogens with zero attached hydrogens (tertiary/aromatic N) is 5. The first-order valence-corrected chi connectivity index (χ1v) is 12.4. The number of amides is 3. The Morgan fingerprint density at radius 2 is 1.94 bits per heavy atom. The van der Waals surface area contributed by atoms with Gasteiger partial charge in [0.2, 0.25) is 11.8 Å². The molecule has 10 heteroatoms. The van der Waals surface area contributed by atoms with E-state index in [1.165, 1.54) is 0 Å². The van der Waals surface area contributed by atoms with Gasteiger partial charge in [-0.2, -0.15) is 10.5 Å². The van der Waals surface area contributed by atoms with Crippen molar-refractivity contribution in [1.82, 2.24) is 15.1 Å². The molecule has 1 aromatic carbocycles. The summed E-state index contributed by atoms with van der Waals surface area (Å²) in [5, 5.41) is 21.8. The summed E-state index contributed by atoms with van der Waals surface area (Å²) in [6, 6.07) is 9.45. The second-order valence-corrected chi connectivity index (χ2v) is 11.1. The van der Waals surface area contributed by atoms with E-state index >= 15 is 0 Å². The number of nitrogens with one attached hydrogen (secondary N) is 1. The van der Waals surface area contributed by atoms with E-state index in [0.29, 0.717) is 36.6 Å². The molecule has 1 N–H and O–H groups in total. The Bertz CT molecular complexity index is 1180. The minimum absolute atomic E-state index is 0.0414. The van der Waals surface area contributed by atoms with E-state index in [4.69, 9.17) is 4.74 Å². The van der Waals surface area contributed by atoms with Crippen LogP contribution in [0.25, 0.3) is 0 Å². The number of likely N-dealkylation sites (tertiary alicyclic amines) is 2. The molecule has 188 valence electrons. The van der Waals surface area contributed by atoms with Gasteiger partial charge in [-0.05, 0) is 58.1 Å². The third kappa shape index (κ3) is 4.27. The van der Waals surface area contributed by atoms with E-state index in [1.807, 2.05) is 4.90 Å². The lowest BCUT2D eigenvalue weighted by atomic mass is 10.1. The number of ether oxygens (including phenoxy) is 1. The lowest BCUT2D eigenvalue weighted by molar-refractivity contribution is -0.136. The number of anilines is 1. The molecule has 1 saturated carbocycles. The van der Waals surface area contributed by atoms with Crippen molar-refractivity contribution >= 4 is 23.6 Å². The average Bonchev–Trinajstić information content (AvgIpc) is 3.15. The highest BCUT2D eigenvalue weighted by molar-refractivity contribution is 6.02. The van der Waals surface area contributed by atoms with Gasteiger partial charge in [0.1, 0.15) is 23.8 Å². The fraction of sp³-hybridized carbons (Fsp3) is 0.577. The molecule has 4 aliphatic rings. The van der Waals surface area contributed by atoms with E-state index in [2.05, 4.69) is 17.5 Å². The van der Waals surface area contributed by atoms with Crippen LogP contribution in [0.2, 0.25) is 0 Å². The minimum atomic E-state index is -0.943. The van der Waals surface area contributed by atoms with Crippen molar-refractivity contribution in [2.24, 2.45) is 5.92 Å². The van der Waals surface area contributed by atoms with Crippen LogP contribution in [0.5, 0.6) is 0 Å². The predicted octanol–water partition coefficient (Wildman–Crippen LogP) is 1.75. The predicted molar refractivity (Wildman–Crippen MR) is 128 cm³/mol. The Morgan fingerprint density at radius 3 is 2.61 bits per heavy atom. The molecule has 1 aliphatic carbocycles. The summed E-state index contributed by atoms with van der Waals surface area (Å²) in [5.74, 6) is -0.0750. The quantitative estimate of drug-likeness (QED) is 0.666. The molecule has 0 unspecified atom stereocenters. The number of para-hydroxylation sites is 1. The first-order valence-electron chi connectivity index (χ1n) is 12.4. The molecule has 4 fully saturated rings. The van der Waals surface area contributed by atoms with Gasteiger partial charge >= 0.3 is 6.09 Å². The van der Waals surface area contributed by atoms with Crippen LogP contribution in [-0.2, 0) is 14.3 Å². The molecule has 3 aliphatic heterocycles. The molecule has 0 radical (unpaired) electrons. The third-order valence-corrected chi connectivity index (χ3v) is 7.47. The van der Waals surface area contributed by atoms with Crippen molar-refractivity contribution in [3.05, 3.63) is 29.8 Å². The fourth-order valence-electron chi connectivity index (χ4n) is 5.90. The number of carbonyl (C=O) groups is 3. The van der Waals surface area contributed by atoms with Crippen molar-refractivity contribution in [2.45, 2.75) is 75.8 Å². The van der Waals surface area contributed by atoms with Crippen LogP contribution in [0.15, 0.2) is 24.3 Å². The number of piperidine rings is 1. The maximum absolute atomic E-state index is 13.6. The van der Waals surface area contributed by atoms with Crippen molar-refractivity contribution < 1.29 is 19.1 Å². The Hall–Kier alpha value is -3.63. The topological polar surface area (TPSA) is 130 Å². The van der Waals surface area contributed by atoms with Gasteiger partial charge in [0, 0.05) is 19.1 Å². The van der Waals surface area contributed by atoms with Crippen LogP contribution in [0.1, 0.15) is 45.6 Å². The van der Waals surface area contributed by atoms with E-state index in [-0.39, 0.29) is 30.4 Å². The van der Waals surface area contributed by atoms with Gasteiger partial charge in [0.05, 0.1) is 29.4 Å². The molecule has 3 heterocycles. The van der Waals surface area contributed by atoms with Crippen molar-refractivity contribution in [3.8, 4) is 12.1 Å². The fourth-order valence-corrected chi connectivity index (χ4v) is 5.90. The number of nitriles is 2. The average molecular weight is 491 g/mol. The van der Waals surface area contributed by atoms with Crippen LogP contribution in [0.4, 0.5) is 10.5 Å². The monoisotopic (exact) mass is 490 g/mol. The lowest BCUT2D eigenvalue weighted by Crippen LogP contribution is -2.59. The van der Waals surface area contributed by atoms with Gasteiger partial charge < -0.3 is 19.9 Å². The number of hydrogen-bond donors (Lipinski definition) is 1. The number of fused-ring (bicyclic) bond motifs is 3. The molecule has 36 heavy (non-hydrogen) atoms. The summed E-state index contributed by atoms with van der Waals surface area (Å²) in [5.41, 5.74) is 0.310. The molecule has 3 saturated heterocycles. The summed E-state index contributed by atoms with van der Waals surface area (Å²) < 4.78 is 5.41. The molecule has 2 bridgehead atoms. The highest BCUT2D eigenvalue weighted by Crippen LogP contribution is 2.48. The van der Waals surface area contributed by atoms with Crippen LogP contribution in [0.3, 0.4) is 0 Å². The maximum atomic E-state index is 13.6. The van der Waals surface area contributed by atoms with Gasteiger partial charge in [-0.25, -0.2) is 4.79 Å². The summed E-state index contributed by atoms with van der Waals surface area (Å²) >= 11 is 0. The van der Waals surface area contributed by atoms with Crippen LogP contribution in [0, 0.1) is 28.6 Å². The molecule has 5 rings (SSSR count). The summed E-state index contributed by atoms with van der Waals surface area (Å²) in [6.07, 6.45) is 1.41. The highest BCUT2D eigenvalue weighted by atomic mass is 16.6. The van der Waals surface area contributed by atoms with Gasteiger partial charge in [-0.3, -0.25) is 14.5 Å². The summed E-state index contributed by atoms with van der Waals surface area (Å²) in [7, 11) is 0. The molecule has 0 spiro atoms. The Labute approximate surface area is 210 Å². The zero-order chi connectivity index (χ0) is 25.8. The second-order valence-electron chi connectivity index (χ2n) is 11.1. The number of piperazine rings is 1. The number of hydrogen-bond acceptors (Lipinski definition) is 7. The van der Waals surface area contributed by atoms with Crippen molar-refractivity contribution in [3.63, 3.8) is 0 Å². The zero-order valence-corrected chi connectivity index (χ0v) is 20.7. The van der Waals surface area contributed by atoms with Gasteiger partial charge in [-0.15, -0.1) is 0 Å². The number of alkyl carbamates (subject to hydrolysis) is 1. The lowest BCUT2D eigenvalue weighted by Gasteiger charge is -2.37. The Balaban J connectivity index is 1.34. The van der Waals surface area contributed by atoms with E-state index in [0.717, 1.165) is 6.42 Å². The SMILES string of the molecule is CC(C)(C)OC(=O)N[C@@H](CN1C[C@H]2C[C@@H]1C(=O)N2c1ccccc1C#N)C(=O)N1[C@H](C#N)C[C@@H]2C[C@@H]21. The Kier molecular flexibility index (Phi) is 5.88. The second kappa shape index (κ2) is 8.79. The minimum Gasteiger partial charge on any atom is -0.444 e. The largest absolute Gasteiger partial charge is 0.444 e. The first-order chi connectivity index (χ1) is 17.1. The molecule has 6 atom stereocenters. The van der Waals surface area contributed by atoms with E-state index in [1.54, 1.807) is 54.8 Å². The van der Waals surface area contributed by atoms with Gasteiger partial charge in [0.25, 0.3) is 0 Å². The molecular weight excluding hydrogens is 460 g/mol. The smallest absolute Gasteiger partial charge is 0.408 e. The Morgan fingerprint density at radius 1 is 1.19 bits per heavy atom. The van der Waals surface area contributed by atoms with E-state index < -0.39 is 29.8 Å². The first kappa shape index (κ1) is 24.1. The molecular formula is C26H30N6O4. The molecule has 1 aromatic rings. The zero-order valence-electron chi connectivity index (χ0n) is 20.7.